The molecule has 0 saturated heterocycles. The van der Waals surface area contributed by atoms with Gasteiger partial charge in [-0.15, -0.1) is 0 Å². The van der Waals surface area contributed by atoms with Crippen molar-refractivity contribution in [2.24, 2.45) is 0 Å². The van der Waals surface area contributed by atoms with Crippen LogP contribution >= 0.6 is 0 Å². The molecule has 148 valence electrons. The van der Waals surface area contributed by atoms with E-state index in [0.29, 0.717) is 11.1 Å². The number of nitrogens with zero attached hydrogens (tertiary/aromatic N) is 1. The van der Waals surface area contributed by atoms with Crippen molar-refractivity contribution in [3.05, 3.63) is 77.1 Å². The molecule has 0 aliphatic heterocycles. The molecule has 1 N–H and O–H groups in total. The van der Waals surface area contributed by atoms with E-state index in [9.17, 15) is 9.59 Å². The number of carbonyl (C=O) groups excluding carboxylic acids is 2. The predicted octanol–water partition coefficient (Wildman–Crippen LogP) is 4.98. The zero-order valence-corrected chi connectivity index (χ0v) is 16.9. The Labute approximate surface area is 170 Å². The Morgan fingerprint density at radius 3 is 2.76 bits per heavy atom. The first-order chi connectivity index (χ1) is 13.8. The van der Waals surface area contributed by atoms with Crippen molar-refractivity contribution in [2.45, 2.75) is 45.3 Å². The summed E-state index contributed by atoms with van der Waals surface area (Å²) in [4.78, 5) is 29.4. The zero-order valence-electron chi connectivity index (χ0n) is 16.9. The second-order valence-electron chi connectivity index (χ2n) is 8.38. The number of benzene rings is 2. The Bertz CT molecular complexity index is 1090. The van der Waals surface area contributed by atoms with Gasteiger partial charge >= 0.3 is 6.09 Å². The van der Waals surface area contributed by atoms with Gasteiger partial charge in [0.25, 0.3) is 0 Å². The standard InChI is InChI=1S/C24H24N2O3/c1-24(2,3)29-23(28)26-21-10-8-15-13-16(7-9-19(15)21)22(27)20-6-4-5-17-14-25-12-11-18(17)20/h4-7,9,11-14,21H,8,10H2,1-3H3,(H,26,28)/t21-/m1/s1. The smallest absolute Gasteiger partial charge is 0.408 e. The molecule has 0 unspecified atom stereocenters. The lowest BCUT2D eigenvalue weighted by Crippen LogP contribution is -2.34. The number of hydrogen-bond acceptors (Lipinski definition) is 4. The molecule has 2 aromatic carbocycles. The average molecular weight is 388 g/mol. The molecule has 0 radical (unpaired) electrons. The molecule has 4 rings (SSSR count). The molecule has 5 heteroatoms. The number of ketones is 1. The molecule has 0 fully saturated rings. The highest BCUT2D eigenvalue weighted by molar-refractivity contribution is 6.16. The summed E-state index contributed by atoms with van der Waals surface area (Å²) in [7, 11) is 0. The van der Waals surface area contributed by atoms with Gasteiger partial charge in [0.05, 0.1) is 6.04 Å². The van der Waals surface area contributed by atoms with Crippen LogP contribution in [0.25, 0.3) is 10.8 Å². The topological polar surface area (TPSA) is 68.3 Å². The molecule has 1 aliphatic carbocycles. The minimum Gasteiger partial charge on any atom is -0.444 e. The summed E-state index contributed by atoms with van der Waals surface area (Å²) in [5.74, 6) is -0.00634. The Kier molecular flexibility index (Phi) is 4.82. The normalized spacial score (nSPS) is 15.8. The van der Waals surface area contributed by atoms with Gasteiger partial charge < -0.3 is 10.1 Å². The van der Waals surface area contributed by atoms with Crippen LogP contribution in [0.5, 0.6) is 0 Å². The third kappa shape index (κ3) is 3.99. The maximum absolute atomic E-state index is 13.2. The van der Waals surface area contributed by atoms with Crippen molar-refractivity contribution in [3.63, 3.8) is 0 Å². The Balaban J connectivity index is 1.58. The van der Waals surface area contributed by atoms with E-state index < -0.39 is 11.7 Å². The highest BCUT2D eigenvalue weighted by Crippen LogP contribution is 2.33. The second kappa shape index (κ2) is 7.32. The van der Waals surface area contributed by atoms with Gasteiger partial charge in [0, 0.05) is 28.9 Å². The van der Waals surface area contributed by atoms with Gasteiger partial charge in [-0.25, -0.2) is 4.79 Å². The number of nitrogens with one attached hydrogen (secondary N) is 1. The molecule has 1 atom stereocenters. The van der Waals surface area contributed by atoms with E-state index in [1.807, 2.05) is 63.2 Å². The molecule has 3 aromatic rings. The summed E-state index contributed by atoms with van der Waals surface area (Å²) in [5.41, 5.74) is 2.95. The summed E-state index contributed by atoms with van der Waals surface area (Å²) in [5, 5.41) is 4.79. The minimum atomic E-state index is -0.532. The summed E-state index contributed by atoms with van der Waals surface area (Å²) in [6.07, 6.45) is 4.67. The molecule has 0 spiro atoms. The van der Waals surface area contributed by atoms with Crippen molar-refractivity contribution in [2.75, 3.05) is 0 Å². The van der Waals surface area contributed by atoms with Gasteiger partial charge in [-0.3, -0.25) is 9.78 Å². The largest absolute Gasteiger partial charge is 0.444 e. The Hall–Kier alpha value is -3.21. The number of carbonyl (C=O) groups is 2. The third-order valence-corrected chi connectivity index (χ3v) is 5.10. The fourth-order valence-electron chi connectivity index (χ4n) is 3.83. The Morgan fingerprint density at radius 2 is 1.97 bits per heavy atom. The van der Waals surface area contributed by atoms with Crippen LogP contribution in [0.3, 0.4) is 0 Å². The molecular formula is C24H24N2O3. The lowest BCUT2D eigenvalue weighted by Gasteiger charge is -2.22. The predicted molar refractivity (Wildman–Crippen MR) is 112 cm³/mol. The molecule has 1 aliphatic rings. The first-order valence-corrected chi connectivity index (χ1v) is 9.81. The number of pyridine rings is 1. The van der Waals surface area contributed by atoms with E-state index in [0.717, 1.165) is 34.7 Å². The zero-order chi connectivity index (χ0) is 20.6. The monoisotopic (exact) mass is 388 g/mol. The molecule has 5 nitrogen and oxygen atoms in total. The van der Waals surface area contributed by atoms with Crippen LogP contribution in [0.1, 0.15) is 60.3 Å². The SMILES string of the molecule is CC(C)(C)OC(=O)N[C@@H]1CCc2cc(C(=O)c3cccc4cnccc34)ccc21. The number of aryl methyl sites for hydroxylation is 1. The Morgan fingerprint density at radius 1 is 1.14 bits per heavy atom. The van der Waals surface area contributed by atoms with Crippen LogP contribution in [-0.2, 0) is 11.2 Å². The first kappa shape index (κ1) is 19.1. The van der Waals surface area contributed by atoms with E-state index in [1.54, 1.807) is 12.4 Å². The van der Waals surface area contributed by atoms with E-state index >= 15 is 0 Å². The van der Waals surface area contributed by atoms with E-state index in [2.05, 4.69) is 10.3 Å². The lowest BCUT2D eigenvalue weighted by atomic mass is 9.96. The van der Waals surface area contributed by atoms with Crippen molar-refractivity contribution in [3.8, 4) is 0 Å². The number of ether oxygens (including phenoxy) is 1. The van der Waals surface area contributed by atoms with Crippen LogP contribution in [-0.4, -0.2) is 22.5 Å². The number of amides is 1. The van der Waals surface area contributed by atoms with E-state index in [1.165, 1.54) is 0 Å². The van der Waals surface area contributed by atoms with Crippen LogP contribution in [0.2, 0.25) is 0 Å². The van der Waals surface area contributed by atoms with Crippen LogP contribution in [0.4, 0.5) is 4.79 Å². The quantitative estimate of drug-likeness (QED) is 0.643. The van der Waals surface area contributed by atoms with E-state index in [4.69, 9.17) is 4.74 Å². The summed E-state index contributed by atoms with van der Waals surface area (Å²) in [6.45, 7) is 5.53. The van der Waals surface area contributed by atoms with Gasteiger partial charge in [0.1, 0.15) is 5.60 Å². The second-order valence-corrected chi connectivity index (χ2v) is 8.38. The minimum absolute atomic E-state index is 0.00634. The fourth-order valence-corrected chi connectivity index (χ4v) is 3.83. The van der Waals surface area contributed by atoms with Gasteiger partial charge in [-0.05, 0) is 62.3 Å². The number of fused-ring (bicyclic) bond motifs is 2. The highest BCUT2D eigenvalue weighted by Gasteiger charge is 2.27. The average Bonchev–Trinajstić information content (AvgIpc) is 3.07. The molecule has 1 heterocycles. The molecule has 0 bridgehead atoms. The number of hydrogen-bond donors (Lipinski definition) is 1. The van der Waals surface area contributed by atoms with Gasteiger partial charge in [0.2, 0.25) is 0 Å². The third-order valence-electron chi connectivity index (χ3n) is 5.10. The summed E-state index contributed by atoms with van der Waals surface area (Å²) >= 11 is 0. The molecule has 0 saturated carbocycles. The highest BCUT2D eigenvalue weighted by atomic mass is 16.6. The van der Waals surface area contributed by atoms with Crippen molar-refractivity contribution >= 4 is 22.6 Å². The fraction of sp³-hybridized carbons (Fsp3) is 0.292. The van der Waals surface area contributed by atoms with E-state index in [-0.39, 0.29) is 11.8 Å². The molecule has 1 aromatic heterocycles. The molecular weight excluding hydrogens is 364 g/mol. The van der Waals surface area contributed by atoms with Crippen LogP contribution < -0.4 is 5.32 Å². The van der Waals surface area contributed by atoms with Gasteiger partial charge in [-0.2, -0.15) is 0 Å². The summed E-state index contributed by atoms with van der Waals surface area (Å²) in [6, 6.07) is 13.2. The maximum atomic E-state index is 13.2. The maximum Gasteiger partial charge on any atom is 0.408 e. The summed E-state index contributed by atoms with van der Waals surface area (Å²) < 4.78 is 5.37. The van der Waals surface area contributed by atoms with Crippen LogP contribution in [0.15, 0.2) is 54.9 Å². The van der Waals surface area contributed by atoms with Crippen molar-refractivity contribution < 1.29 is 14.3 Å². The van der Waals surface area contributed by atoms with Gasteiger partial charge in [-0.1, -0.05) is 30.3 Å². The van der Waals surface area contributed by atoms with Crippen LogP contribution in [0, 0.1) is 0 Å². The lowest BCUT2D eigenvalue weighted by molar-refractivity contribution is 0.0503. The van der Waals surface area contributed by atoms with Crippen molar-refractivity contribution in [1.29, 1.82) is 0 Å². The number of aromatic nitrogens is 1. The molecule has 29 heavy (non-hydrogen) atoms. The van der Waals surface area contributed by atoms with Gasteiger partial charge in [0.15, 0.2) is 5.78 Å². The first-order valence-electron chi connectivity index (χ1n) is 9.81. The van der Waals surface area contributed by atoms with Crippen molar-refractivity contribution in [1.82, 2.24) is 10.3 Å². The number of alkyl carbamates (subject to hydrolysis) is 1. The molecule has 1 amide bonds. The number of rotatable bonds is 3.